The number of terminal acetylenes is 1. The fourth-order valence-corrected chi connectivity index (χ4v) is 2.35. The van der Waals surface area contributed by atoms with Crippen molar-refractivity contribution in [2.24, 2.45) is 5.92 Å². The van der Waals surface area contributed by atoms with E-state index < -0.39 is 6.10 Å². The molecule has 1 atom stereocenters. The number of benzene rings is 1. The minimum atomic E-state index is -0.551. The number of hydrogen-bond donors (Lipinski definition) is 1. The van der Waals surface area contributed by atoms with E-state index in [0.29, 0.717) is 12.5 Å². The van der Waals surface area contributed by atoms with Crippen LogP contribution in [-0.2, 0) is 11.3 Å². The summed E-state index contributed by atoms with van der Waals surface area (Å²) in [6, 6.07) is 7.99. The largest absolute Gasteiger partial charge is 0.496 e. The van der Waals surface area contributed by atoms with Gasteiger partial charge < -0.3 is 14.6 Å². The molecule has 0 saturated carbocycles. The molecule has 0 aliphatic carbocycles. The van der Waals surface area contributed by atoms with Crippen LogP contribution in [0.25, 0.3) is 0 Å². The second kappa shape index (κ2) is 11.1. The summed E-state index contributed by atoms with van der Waals surface area (Å²) in [5.74, 6) is 3.90. The Morgan fingerprint density at radius 2 is 2.04 bits per heavy atom. The lowest BCUT2D eigenvalue weighted by Gasteiger charge is -2.26. The van der Waals surface area contributed by atoms with Crippen LogP contribution in [0.5, 0.6) is 5.75 Å². The van der Waals surface area contributed by atoms with Crippen molar-refractivity contribution in [2.45, 2.75) is 32.9 Å². The van der Waals surface area contributed by atoms with Crippen molar-refractivity contribution in [2.75, 3.05) is 33.4 Å². The Morgan fingerprint density at radius 1 is 1.30 bits per heavy atom. The zero-order chi connectivity index (χ0) is 17.1. The molecule has 1 aromatic rings. The molecule has 0 aromatic heterocycles. The SMILES string of the molecule is C#CCOC[C@@H](O)CN(CCC(C)C)Cc1ccccc1OC. The Kier molecular flexibility index (Phi) is 9.39. The van der Waals surface area contributed by atoms with Crippen molar-refractivity contribution < 1.29 is 14.6 Å². The van der Waals surface area contributed by atoms with Gasteiger partial charge in [0.15, 0.2) is 0 Å². The second-order valence-corrected chi connectivity index (χ2v) is 6.10. The summed E-state index contributed by atoms with van der Waals surface area (Å²) in [4.78, 5) is 2.24. The van der Waals surface area contributed by atoms with E-state index in [-0.39, 0.29) is 13.2 Å². The smallest absolute Gasteiger partial charge is 0.123 e. The highest BCUT2D eigenvalue weighted by Gasteiger charge is 2.15. The van der Waals surface area contributed by atoms with Gasteiger partial charge in [0, 0.05) is 18.7 Å². The number of hydrogen-bond acceptors (Lipinski definition) is 4. The molecule has 0 bridgehead atoms. The molecule has 1 N–H and O–H groups in total. The molecule has 0 radical (unpaired) electrons. The lowest BCUT2D eigenvalue weighted by atomic mass is 10.1. The van der Waals surface area contributed by atoms with Crippen molar-refractivity contribution in [3.8, 4) is 18.1 Å². The summed E-state index contributed by atoms with van der Waals surface area (Å²) >= 11 is 0. The van der Waals surface area contributed by atoms with Gasteiger partial charge in [-0.2, -0.15) is 0 Å². The third-order valence-corrected chi connectivity index (χ3v) is 3.57. The Bertz CT molecular complexity index is 482. The Balaban J connectivity index is 2.66. The van der Waals surface area contributed by atoms with Crippen LogP contribution in [0.2, 0.25) is 0 Å². The third-order valence-electron chi connectivity index (χ3n) is 3.57. The fourth-order valence-electron chi connectivity index (χ4n) is 2.35. The number of aliphatic hydroxyl groups excluding tert-OH is 1. The quantitative estimate of drug-likeness (QED) is 0.503. The van der Waals surface area contributed by atoms with Gasteiger partial charge in [0.1, 0.15) is 12.4 Å². The van der Waals surface area contributed by atoms with Crippen LogP contribution in [0.1, 0.15) is 25.8 Å². The highest BCUT2D eigenvalue weighted by Crippen LogP contribution is 2.20. The van der Waals surface area contributed by atoms with Gasteiger partial charge in [-0.05, 0) is 24.9 Å². The molecular formula is C19H29NO3. The molecule has 0 spiro atoms. The van der Waals surface area contributed by atoms with Crippen molar-refractivity contribution in [3.05, 3.63) is 29.8 Å². The number of rotatable bonds is 11. The molecule has 0 saturated heterocycles. The first-order chi connectivity index (χ1) is 11.1. The summed E-state index contributed by atoms with van der Waals surface area (Å²) < 4.78 is 10.6. The second-order valence-electron chi connectivity index (χ2n) is 6.10. The molecule has 4 nitrogen and oxygen atoms in total. The van der Waals surface area contributed by atoms with E-state index in [9.17, 15) is 5.11 Å². The minimum Gasteiger partial charge on any atom is -0.496 e. The molecule has 0 aliphatic rings. The first kappa shape index (κ1) is 19.5. The van der Waals surface area contributed by atoms with Gasteiger partial charge in [-0.15, -0.1) is 6.42 Å². The van der Waals surface area contributed by atoms with Crippen LogP contribution >= 0.6 is 0 Å². The van der Waals surface area contributed by atoms with Crippen LogP contribution in [0.3, 0.4) is 0 Å². The normalized spacial score (nSPS) is 12.4. The van der Waals surface area contributed by atoms with Gasteiger partial charge in [0.25, 0.3) is 0 Å². The maximum absolute atomic E-state index is 10.1. The molecule has 0 unspecified atom stereocenters. The third kappa shape index (κ3) is 8.03. The Morgan fingerprint density at radius 3 is 2.70 bits per heavy atom. The first-order valence-corrected chi connectivity index (χ1v) is 8.10. The first-order valence-electron chi connectivity index (χ1n) is 8.10. The van der Waals surface area contributed by atoms with E-state index in [1.54, 1.807) is 7.11 Å². The van der Waals surface area contributed by atoms with E-state index in [4.69, 9.17) is 15.9 Å². The predicted molar refractivity (Wildman–Crippen MR) is 93.4 cm³/mol. The molecule has 0 amide bonds. The number of aliphatic hydroxyl groups is 1. The van der Waals surface area contributed by atoms with Gasteiger partial charge in [-0.25, -0.2) is 0 Å². The van der Waals surface area contributed by atoms with Crippen LogP contribution < -0.4 is 4.74 Å². The summed E-state index contributed by atoms with van der Waals surface area (Å²) in [5.41, 5.74) is 1.12. The molecule has 0 aliphatic heterocycles. The number of para-hydroxylation sites is 1. The zero-order valence-electron chi connectivity index (χ0n) is 14.5. The fraction of sp³-hybridized carbons (Fsp3) is 0.579. The van der Waals surface area contributed by atoms with E-state index in [1.807, 2.05) is 18.2 Å². The summed E-state index contributed by atoms with van der Waals surface area (Å²) in [5, 5.41) is 10.1. The molecular weight excluding hydrogens is 290 g/mol. The van der Waals surface area contributed by atoms with Gasteiger partial charge in [-0.3, -0.25) is 4.90 Å². The molecule has 4 heteroatoms. The van der Waals surface area contributed by atoms with Gasteiger partial charge in [-0.1, -0.05) is 38.0 Å². The van der Waals surface area contributed by atoms with Crippen LogP contribution in [0, 0.1) is 18.3 Å². The zero-order valence-corrected chi connectivity index (χ0v) is 14.5. The summed E-state index contributed by atoms with van der Waals surface area (Å²) in [7, 11) is 1.68. The summed E-state index contributed by atoms with van der Waals surface area (Å²) in [6.45, 7) is 7.10. The van der Waals surface area contributed by atoms with Crippen LogP contribution in [-0.4, -0.2) is 49.5 Å². The number of methoxy groups -OCH3 is 1. The van der Waals surface area contributed by atoms with E-state index in [0.717, 1.165) is 30.8 Å². The molecule has 23 heavy (non-hydrogen) atoms. The number of nitrogens with zero attached hydrogens (tertiary/aromatic N) is 1. The minimum absolute atomic E-state index is 0.232. The molecule has 0 fully saturated rings. The molecule has 0 heterocycles. The maximum Gasteiger partial charge on any atom is 0.123 e. The van der Waals surface area contributed by atoms with Gasteiger partial charge in [0.05, 0.1) is 19.8 Å². The lowest BCUT2D eigenvalue weighted by molar-refractivity contribution is 0.0251. The molecule has 128 valence electrons. The van der Waals surface area contributed by atoms with Crippen molar-refractivity contribution in [3.63, 3.8) is 0 Å². The van der Waals surface area contributed by atoms with Gasteiger partial charge in [0.2, 0.25) is 0 Å². The van der Waals surface area contributed by atoms with E-state index in [1.165, 1.54) is 0 Å². The Labute approximate surface area is 140 Å². The average molecular weight is 319 g/mol. The van der Waals surface area contributed by atoms with E-state index >= 15 is 0 Å². The van der Waals surface area contributed by atoms with Crippen molar-refractivity contribution in [1.82, 2.24) is 4.90 Å². The highest BCUT2D eigenvalue weighted by atomic mass is 16.5. The van der Waals surface area contributed by atoms with E-state index in [2.05, 4.69) is 30.7 Å². The maximum atomic E-state index is 10.1. The van der Waals surface area contributed by atoms with Gasteiger partial charge >= 0.3 is 0 Å². The average Bonchev–Trinajstić information content (AvgIpc) is 2.53. The highest BCUT2D eigenvalue weighted by molar-refractivity contribution is 5.33. The predicted octanol–water partition coefficient (Wildman–Crippen LogP) is 2.55. The van der Waals surface area contributed by atoms with Crippen LogP contribution in [0.15, 0.2) is 24.3 Å². The molecule has 1 rings (SSSR count). The summed E-state index contributed by atoms with van der Waals surface area (Å²) in [6.07, 6.45) is 5.68. The monoisotopic (exact) mass is 319 g/mol. The topological polar surface area (TPSA) is 41.9 Å². The van der Waals surface area contributed by atoms with Crippen LogP contribution in [0.4, 0.5) is 0 Å². The van der Waals surface area contributed by atoms with Crippen molar-refractivity contribution >= 4 is 0 Å². The molecule has 1 aromatic carbocycles. The number of ether oxygens (including phenoxy) is 2. The Hall–Kier alpha value is -1.54. The lowest BCUT2D eigenvalue weighted by Crippen LogP contribution is -2.35. The van der Waals surface area contributed by atoms with Crippen molar-refractivity contribution in [1.29, 1.82) is 0 Å². The standard InChI is InChI=1S/C19H29NO3/c1-5-12-23-15-18(21)14-20(11-10-16(2)3)13-17-8-6-7-9-19(17)22-4/h1,6-9,16,18,21H,10-15H2,2-4H3/t18-/m0/s1.